The molecule has 0 N–H and O–H groups in total. The fourth-order valence-electron chi connectivity index (χ4n) is 1.59. The summed E-state index contributed by atoms with van der Waals surface area (Å²) >= 11 is 0. The van der Waals surface area contributed by atoms with E-state index in [1.165, 1.54) is 18.2 Å². The van der Waals surface area contributed by atoms with Crippen LogP contribution in [0.5, 0.6) is 0 Å². The lowest BCUT2D eigenvalue weighted by atomic mass is 10.1. The van der Waals surface area contributed by atoms with Gasteiger partial charge in [-0.05, 0) is 17.7 Å². The van der Waals surface area contributed by atoms with E-state index < -0.39 is 5.97 Å². The summed E-state index contributed by atoms with van der Waals surface area (Å²) < 4.78 is 5.46. The van der Waals surface area contributed by atoms with Crippen LogP contribution in [0.4, 0.5) is 0 Å². The second-order valence-corrected chi connectivity index (χ2v) is 3.85. The van der Waals surface area contributed by atoms with Crippen molar-refractivity contribution in [1.82, 2.24) is 0 Å². The minimum absolute atomic E-state index is 0.0572. The molecule has 0 aliphatic rings. The first-order valence-corrected chi connectivity index (χ1v) is 5.57. The lowest BCUT2D eigenvalue weighted by molar-refractivity contribution is -0.255. The number of hydrogen-bond donors (Lipinski definition) is 0. The Bertz CT molecular complexity index is 740. The van der Waals surface area contributed by atoms with E-state index >= 15 is 0 Å². The molecule has 1 aromatic carbocycles. The molecular formula is C15H7N2O3-. The zero-order valence-electron chi connectivity index (χ0n) is 10.2. The Labute approximate surface area is 114 Å². The molecule has 0 radical (unpaired) electrons. The molecule has 96 valence electrons. The number of nitriles is 2. The van der Waals surface area contributed by atoms with Gasteiger partial charge in [-0.1, -0.05) is 24.3 Å². The van der Waals surface area contributed by atoms with E-state index in [1.807, 2.05) is 0 Å². The third-order valence-electron chi connectivity index (χ3n) is 2.56. The number of carboxylic acid groups (broad SMARTS) is 1. The molecule has 5 nitrogen and oxygen atoms in total. The second-order valence-electron chi connectivity index (χ2n) is 3.85. The van der Waals surface area contributed by atoms with Crippen molar-refractivity contribution in [2.45, 2.75) is 0 Å². The van der Waals surface area contributed by atoms with Crippen LogP contribution < -0.4 is 5.11 Å². The van der Waals surface area contributed by atoms with Gasteiger partial charge in [-0.15, -0.1) is 0 Å². The monoisotopic (exact) mass is 263 g/mol. The summed E-state index contributed by atoms with van der Waals surface area (Å²) in [7, 11) is 0. The van der Waals surface area contributed by atoms with Crippen LogP contribution in [0.1, 0.15) is 16.1 Å². The highest BCUT2D eigenvalue weighted by atomic mass is 16.4. The SMILES string of the molecule is N#CC(C#N)=Cc1ccc(-c2ccc(C(=O)[O-])cc2)o1. The summed E-state index contributed by atoms with van der Waals surface area (Å²) in [5.41, 5.74) is 0.708. The number of benzene rings is 1. The molecule has 0 atom stereocenters. The smallest absolute Gasteiger partial charge is 0.134 e. The van der Waals surface area contributed by atoms with E-state index in [1.54, 1.807) is 36.4 Å². The number of allylic oxidation sites excluding steroid dienone is 1. The topological polar surface area (TPSA) is 101 Å². The van der Waals surface area contributed by atoms with Crippen LogP contribution in [-0.2, 0) is 0 Å². The van der Waals surface area contributed by atoms with E-state index in [9.17, 15) is 9.90 Å². The number of furan rings is 1. The van der Waals surface area contributed by atoms with E-state index in [0.717, 1.165) is 0 Å². The van der Waals surface area contributed by atoms with Gasteiger partial charge in [0.1, 0.15) is 29.2 Å². The maximum absolute atomic E-state index is 10.6. The molecular weight excluding hydrogens is 256 g/mol. The average molecular weight is 263 g/mol. The van der Waals surface area contributed by atoms with Gasteiger partial charge in [0.05, 0.1) is 5.97 Å². The van der Waals surface area contributed by atoms with Crippen LogP contribution in [0, 0.1) is 22.7 Å². The van der Waals surface area contributed by atoms with Crippen LogP contribution >= 0.6 is 0 Å². The Kier molecular flexibility index (Phi) is 3.65. The fraction of sp³-hybridized carbons (Fsp3) is 0. The number of carboxylic acids is 1. The molecule has 0 aliphatic heterocycles. The van der Waals surface area contributed by atoms with Gasteiger partial charge in [-0.25, -0.2) is 0 Å². The molecule has 0 bridgehead atoms. The van der Waals surface area contributed by atoms with Crippen LogP contribution in [0.2, 0.25) is 0 Å². The van der Waals surface area contributed by atoms with Crippen LogP contribution in [0.25, 0.3) is 17.4 Å². The lowest BCUT2D eigenvalue weighted by Gasteiger charge is -2.02. The number of rotatable bonds is 3. The van der Waals surface area contributed by atoms with Crippen LogP contribution in [0.3, 0.4) is 0 Å². The van der Waals surface area contributed by atoms with Gasteiger partial charge in [-0.2, -0.15) is 10.5 Å². The molecule has 0 amide bonds. The van der Waals surface area contributed by atoms with Crippen LogP contribution in [0.15, 0.2) is 46.4 Å². The molecule has 0 saturated heterocycles. The standard InChI is InChI=1S/C15H8N2O3/c16-8-10(9-17)7-13-5-6-14(20-13)11-1-3-12(4-2-11)15(18)19/h1-7H,(H,18,19)/p-1. The summed E-state index contributed by atoms with van der Waals surface area (Å²) in [6, 6.07) is 12.8. The predicted octanol–water partition coefficient (Wildman–Crippen LogP) is 1.74. The first-order chi connectivity index (χ1) is 9.63. The number of hydrogen-bond acceptors (Lipinski definition) is 5. The van der Waals surface area contributed by atoms with Gasteiger partial charge < -0.3 is 14.3 Å². The van der Waals surface area contributed by atoms with Crippen LogP contribution in [-0.4, -0.2) is 5.97 Å². The summed E-state index contributed by atoms with van der Waals surface area (Å²) in [4.78, 5) is 10.6. The van der Waals surface area contributed by atoms with Gasteiger partial charge in [0, 0.05) is 11.6 Å². The Morgan fingerprint density at radius 2 is 1.75 bits per heavy atom. The molecule has 20 heavy (non-hydrogen) atoms. The molecule has 5 heteroatoms. The number of aromatic carboxylic acids is 1. The minimum Gasteiger partial charge on any atom is -0.545 e. The quantitative estimate of drug-likeness (QED) is 0.785. The van der Waals surface area contributed by atoms with Gasteiger partial charge in [0.25, 0.3) is 0 Å². The van der Waals surface area contributed by atoms with Gasteiger partial charge >= 0.3 is 0 Å². The zero-order chi connectivity index (χ0) is 14.5. The normalized spacial score (nSPS) is 9.30. The third-order valence-corrected chi connectivity index (χ3v) is 2.56. The molecule has 0 spiro atoms. The highest BCUT2D eigenvalue weighted by Gasteiger charge is 2.05. The average Bonchev–Trinajstić information content (AvgIpc) is 2.93. The lowest BCUT2D eigenvalue weighted by Crippen LogP contribution is -2.21. The summed E-state index contributed by atoms with van der Waals surface area (Å²) in [5.74, 6) is -0.356. The van der Waals surface area contributed by atoms with E-state index in [-0.39, 0.29) is 11.1 Å². The summed E-state index contributed by atoms with van der Waals surface area (Å²) in [6.45, 7) is 0. The van der Waals surface area contributed by atoms with Crippen molar-refractivity contribution in [2.75, 3.05) is 0 Å². The van der Waals surface area contributed by atoms with Gasteiger partial charge in [0.2, 0.25) is 0 Å². The van der Waals surface area contributed by atoms with Crippen molar-refractivity contribution < 1.29 is 14.3 Å². The largest absolute Gasteiger partial charge is 0.545 e. The summed E-state index contributed by atoms with van der Waals surface area (Å²) in [6.07, 6.45) is 1.33. The molecule has 1 aromatic heterocycles. The van der Waals surface area contributed by atoms with E-state index in [4.69, 9.17) is 14.9 Å². The summed E-state index contributed by atoms with van der Waals surface area (Å²) in [5, 5.41) is 27.9. The van der Waals surface area contributed by atoms with Crippen molar-refractivity contribution in [3.63, 3.8) is 0 Å². The zero-order valence-corrected chi connectivity index (χ0v) is 10.2. The number of carbonyl (C=O) groups is 1. The van der Waals surface area contributed by atoms with E-state index in [0.29, 0.717) is 17.1 Å². The second kappa shape index (κ2) is 5.55. The molecule has 0 unspecified atom stereocenters. The Morgan fingerprint density at radius 1 is 1.10 bits per heavy atom. The van der Waals surface area contributed by atoms with Crippen molar-refractivity contribution in [3.05, 3.63) is 53.3 Å². The molecule has 0 saturated carbocycles. The maximum Gasteiger partial charge on any atom is 0.134 e. The Hall–Kier alpha value is -3.31. The molecule has 0 aliphatic carbocycles. The molecule has 0 fully saturated rings. The third kappa shape index (κ3) is 2.74. The van der Waals surface area contributed by atoms with E-state index in [2.05, 4.69) is 0 Å². The van der Waals surface area contributed by atoms with Crippen molar-refractivity contribution in [3.8, 4) is 23.5 Å². The van der Waals surface area contributed by atoms with Crippen molar-refractivity contribution >= 4 is 12.0 Å². The molecule has 1 heterocycles. The van der Waals surface area contributed by atoms with Crippen molar-refractivity contribution in [1.29, 1.82) is 10.5 Å². The first kappa shape index (κ1) is 13.1. The van der Waals surface area contributed by atoms with Gasteiger partial charge in [0.15, 0.2) is 0 Å². The molecule has 2 aromatic rings. The molecule has 2 rings (SSSR count). The predicted molar refractivity (Wildman–Crippen MR) is 67.7 cm³/mol. The highest BCUT2D eigenvalue weighted by molar-refractivity contribution is 5.86. The maximum atomic E-state index is 10.6. The minimum atomic E-state index is -1.24. The van der Waals surface area contributed by atoms with Crippen molar-refractivity contribution in [2.24, 2.45) is 0 Å². The van der Waals surface area contributed by atoms with Gasteiger partial charge in [-0.3, -0.25) is 0 Å². The highest BCUT2D eigenvalue weighted by Crippen LogP contribution is 2.23. The Balaban J connectivity index is 2.30. The Morgan fingerprint density at radius 3 is 2.30 bits per heavy atom. The first-order valence-electron chi connectivity index (χ1n) is 5.57. The number of nitrogens with zero attached hydrogens (tertiary/aromatic N) is 2. The fourth-order valence-corrected chi connectivity index (χ4v) is 1.59. The number of carbonyl (C=O) groups excluding carboxylic acids is 1.